The van der Waals surface area contributed by atoms with Gasteiger partial charge in [-0.3, -0.25) is 14.9 Å². The summed E-state index contributed by atoms with van der Waals surface area (Å²) in [6.45, 7) is 2.22. The molecule has 168 valence electrons. The van der Waals surface area contributed by atoms with E-state index in [0.29, 0.717) is 32.1 Å². The molecule has 0 radical (unpaired) electrons. The topological polar surface area (TPSA) is 114 Å². The lowest BCUT2D eigenvalue weighted by atomic mass is 9.82. The molecule has 1 aromatic rings. The number of allylic oxidation sites excluding steroid dienone is 3. The van der Waals surface area contributed by atoms with Crippen LogP contribution >= 0.6 is 0 Å². The van der Waals surface area contributed by atoms with E-state index in [9.17, 15) is 13.2 Å². The smallest absolute Gasteiger partial charge is 0.475 e. The molecule has 8 nitrogen and oxygen atoms in total. The lowest BCUT2D eigenvalue weighted by molar-refractivity contribution is -0.192. The standard InChI is InChI=1S/C19H18N4O2.C2HF3O2/c20-16-4-5-17-19(7-2-8-21-17)18(16)22-14-23(19)9-12-24-10-1-3-15-6-11-25-13-15;3-2(4,5)1(6)7/h2,4-8,11,13H,9-10,12,14,20H2;(H,6,7). The summed E-state index contributed by atoms with van der Waals surface area (Å²) in [5.41, 5.74) is 9.05. The molecule has 3 heterocycles. The summed E-state index contributed by atoms with van der Waals surface area (Å²) in [5.74, 6) is 3.20. The van der Waals surface area contributed by atoms with Crippen LogP contribution in [-0.4, -0.2) is 66.0 Å². The normalized spacial score (nSPS) is 21.2. The molecule has 0 fully saturated rings. The Balaban J connectivity index is 0.000000360. The van der Waals surface area contributed by atoms with Gasteiger partial charge in [0.2, 0.25) is 0 Å². The summed E-state index contributed by atoms with van der Waals surface area (Å²) in [6.07, 6.45) is 7.81. The summed E-state index contributed by atoms with van der Waals surface area (Å²) < 4.78 is 42.4. The maximum Gasteiger partial charge on any atom is 0.490 e. The first-order valence-corrected chi connectivity index (χ1v) is 9.34. The highest BCUT2D eigenvalue weighted by Gasteiger charge is 2.49. The van der Waals surface area contributed by atoms with Crippen molar-refractivity contribution < 1.29 is 32.2 Å². The van der Waals surface area contributed by atoms with E-state index in [1.807, 2.05) is 24.3 Å². The molecule has 32 heavy (non-hydrogen) atoms. The van der Waals surface area contributed by atoms with Crippen LogP contribution in [0.3, 0.4) is 0 Å². The number of halogens is 3. The maximum atomic E-state index is 10.6. The van der Waals surface area contributed by atoms with Gasteiger partial charge in [0.15, 0.2) is 0 Å². The van der Waals surface area contributed by atoms with Crippen molar-refractivity contribution in [1.29, 1.82) is 0 Å². The molecule has 0 amide bonds. The Morgan fingerprint density at radius 1 is 1.41 bits per heavy atom. The van der Waals surface area contributed by atoms with Crippen LogP contribution in [0.2, 0.25) is 0 Å². The van der Waals surface area contributed by atoms with E-state index < -0.39 is 17.7 Å². The minimum absolute atomic E-state index is 0.373. The van der Waals surface area contributed by atoms with Gasteiger partial charge in [0, 0.05) is 12.8 Å². The van der Waals surface area contributed by atoms with Crippen molar-refractivity contribution in [3.63, 3.8) is 0 Å². The van der Waals surface area contributed by atoms with Crippen LogP contribution in [-0.2, 0) is 9.53 Å². The monoisotopic (exact) mass is 448 g/mol. The van der Waals surface area contributed by atoms with Crippen LogP contribution in [0.5, 0.6) is 0 Å². The molecule has 3 aliphatic rings. The Morgan fingerprint density at radius 3 is 2.88 bits per heavy atom. The second kappa shape index (κ2) is 9.67. The second-order valence-corrected chi connectivity index (χ2v) is 6.66. The van der Waals surface area contributed by atoms with Gasteiger partial charge in [0.1, 0.15) is 18.4 Å². The van der Waals surface area contributed by atoms with E-state index in [0.717, 1.165) is 17.0 Å². The number of carboxylic acid groups (broad SMARTS) is 1. The first-order valence-electron chi connectivity index (χ1n) is 9.34. The summed E-state index contributed by atoms with van der Waals surface area (Å²) in [5, 5.41) is 7.12. The maximum absolute atomic E-state index is 10.6. The van der Waals surface area contributed by atoms with Gasteiger partial charge in [-0.1, -0.05) is 17.9 Å². The number of nitrogens with two attached hydrogens (primary N) is 1. The van der Waals surface area contributed by atoms with Crippen LogP contribution in [0, 0.1) is 11.8 Å². The molecule has 1 aliphatic carbocycles. The number of furan rings is 1. The Hall–Kier alpha value is -3.62. The minimum atomic E-state index is -5.08. The van der Waals surface area contributed by atoms with E-state index >= 15 is 0 Å². The number of carbonyl (C=O) groups is 1. The zero-order valence-corrected chi connectivity index (χ0v) is 16.7. The predicted octanol–water partition coefficient (Wildman–Crippen LogP) is 2.11. The van der Waals surface area contributed by atoms with Gasteiger partial charge in [-0.2, -0.15) is 13.2 Å². The summed E-state index contributed by atoms with van der Waals surface area (Å²) >= 11 is 0. The Kier molecular flexibility index (Phi) is 6.97. The Labute approximate surface area is 181 Å². The van der Waals surface area contributed by atoms with Gasteiger partial charge in [0.05, 0.1) is 42.2 Å². The number of nitrogens with zero attached hydrogens (tertiary/aromatic N) is 3. The quantitative estimate of drug-likeness (QED) is 0.539. The number of ether oxygens (including phenoxy) is 1. The van der Waals surface area contributed by atoms with Gasteiger partial charge in [-0.25, -0.2) is 4.79 Å². The highest BCUT2D eigenvalue weighted by Crippen LogP contribution is 2.38. The van der Waals surface area contributed by atoms with Crippen LogP contribution in [0.15, 0.2) is 68.7 Å². The molecule has 1 unspecified atom stereocenters. The van der Waals surface area contributed by atoms with Crippen molar-refractivity contribution >= 4 is 17.9 Å². The van der Waals surface area contributed by atoms with Crippen molar-refractivity contribution in [2.45, 2.75) is 11.7 Å². The first-order chi connectivity index (χ1) is 15.2. The fourth-order valence-electron chi connectivity index (χ4n) is 3.24. The highest BCUT2D eigenvalue weighted by atomic mass is 19.4. The van der Waals surface area contributed by atoms with Gasteiger partial charge in [0.25, 0.3) is 0 Å². The van der Waals surface area contributed by atoms with E-state index in [4.69, 9.17) is 24.8 Å². The van der Waals surface area contributed by atoms with E-state index in [-0.39, 0.29) is 0 Å². The molecule has 2 aliphatic heterocycles. The fourth-order valence-corrected chi connectivity index (χ4v) is 3.24. The van der Waals surface area contributed by atoms with Crippen molar-refractivity contribution in [2.75, 3.05) is 26.4 Å². The zero-order chi connectivity index (χ0) is 23.2. The lowest BCUT2D eigenvalue weighted by Crippen LogP contribution is -2.54. The second-order valence-electron chi connectivity index (χ2n) is 6.66. The average Bonchev–Trinajstić information content (AvgIpc) is 3.39. The number of carboxylic acids is 1. The number of hydrogen-bond acceptors (Lipinski definition) is 7. The summed E-state index contributed by atoms with van der Waals surface area (Å²) in [7, 11) is 0. The molecule has 1 spiro atoms. The van der Waals surface area contributed by atoms with Crippen LogP contribution in [0.4, 0.5) is 13.2 Å². The first kappa shape index (κ1) is 23.1. The zero-order valence-electron chi connectivity index (χ0n) is 16.7. The largest absolute Gasteiger partial charge is 0.490 e. The highest BCUT2D eigenvalue weighted by molar-refractivity contribution is 6.13. The van der Waals surface area contributed by atoms with Gasteiger partial charge in [-0.15, -0.1) is 0 Å². The number of aliphatic imine (C=N–C) groups is 2. The number of hydrogen-bond donors (Lipinski definition) is 2. The molecule has 0 bridgehead atoms. The van der Waals surface area contributed by atoms with Gasteiger partial charge >= 0.3 is 12.1 Å². The van der Waals surface area contributed by atoms with E-state index in [2.05, 4.69) is 32.8 Å². The summed E-state index contributed by atoms with van der Waals surface area (Å²) in [6, 6.07) is 1.82. The van der Waals surface area contributed by atoms with E-state index in [1.54, 1.807) is 18.7 Å². The third-order valence-corrected chi connectivity index (χ3v) is 4.66. The number of dihydropyridines is 1. The van der Waals surface area contributed by atoms with Gasteiger partial charge < -0.3 is 20.0 Å². The minimum Gasteiger partial charge on any atom is -0.475 e. The molecule has 0 aromatic carbocycles. The molecule has 0 saturated carbocycles. The Bertz CT molecular complexity index is 1060. The van der Waals surface area contributed by atoms with Crippen molar-refractivity contribution in [3.05, 3.63) is 59.9 Å². The van der Waals surface area contributed by atoms with E-state index in [1.165, 1.54) is 0 Å². The molecule has 11 heteroatoms. The summed E-state index contributed by atoms with van der Waals surface area (Å²) in [4.78, 5) is 20.3. The Morgan fingerprint density at radius 2 is 2.19 bits per heavy atom. The van der Waals surface area contributed by atoms with Crippen molar-refractivity contribution in [3.8, 4) is 11.8 Å². The average molecular weight is 448 g/mol. The number of alkyl halides is 3. The van der Waals surface area contributed by atoms with Crippen LogP contribution in [0.25, 0.3) is 0 Å². The fraction of sp³-hybridized carbons (Fsp3) is 0.286. The molecule has 1 atom stereocenters. The van der Waals surface area contributed by atoms with Crippen molar-refractivity contribution in [2.24, 2.45) is 15.7 Å². The van der Waals surface area contributed by atoms with Gasteiger partial charge in [-0.05, 0) is 24.3 Å². The predicted molar refractivity (Wildman–Crippen MR) is 110 cm³/mol. The molecule has 0 saturated heterocycles. The SMILES string of the molecule is NC1=CC=C2N=CC=CC23C1=NCN3CCOCC#Cc1ccoc1.O=C(O)C(F)(F)F. The molecular weight excluding hydrogens is 429 g/mol. The van der Waals surface area contributed by atoms with Crippen molar-refractivity contribution in [1.82, 2.24) is 4.90 Å². The van der Waals surface area contributed by atoms with Crippen LogP contribution < -0.4 is 5.73 Å². The number of aliphatic carboxylic acids is 1. The molecule has 1 aromatic heterocycles. The van der Waals surface area contributed by atoms with Crippen LogP contribution in [0.1, 0.15) is 5.56 Å². The number of rotatable bonds is 4. The molecule has 3 N–H and O–H groups in total. The molecular formula is C21H19F3N4O4. The third kappa shape index (κ3) is 4.99. The lowest BCUT2D eigenvalue weighted by Gasteiger charge is -2.39. The molecule has 4 rings (SSSR count). The third-order valence-electron chi connectivity index (χ3n) is 4.66.